The standard InChI is InChI=1S/C26H23ClO6S2/c1-14-11-16(7-9-19(14)28)24-22-13-23(35(31,32)33-21-6-4-3-5-18(21)27)26(34(22)30)25(24)17-8-10-20(29)15(2)12-17/h3-12,22-23,26,28-29H,13H2,1-2H3/t22-,23-,26+,34?/m0/s1. The Labute approximate surface area is 211 Å². The van der Waals surface area contributed by atoms with Crippen molar-refractivity contribution in [3.63, 3.8) is 0 Å². The van der Waals surface area contributed by atoms with Crippen LogP contribution in [-0.2, 0) is 20.9 Å². The number of benzene rings is 3. The summed E-state index contributed by atoms with van der Waals surface area (Å²) < 4.78 is 45.9. The molecule has 9 heteroatoms. The molecule has 2 bridgehead atoms. The molecule has 0 aliphatic carbocycles. The van der Waals surface area contributed by atoms with Crippen molar-refractivity contribution >= 4 is 43.7 Å². The molecule has 5 rings (SSSR count). The van der Waals surface area contributed by atoms with E-state index in [0.29, 0.717) is 22.3 Å². The molecule has 0 radical (unpaired) electrons. The quantitative estimate of drug-likeness (QED) is 0.452. The lowest BCUT2D eigenvalue weighted by molar-refractivity contribution is 0.469. The van der Waals surface area contributed by atoms with Crippen molar-refractivity contribution in [1.29, 1.82) is 0 Å². The Bertz CT molecular complexity index is 1510. The number of para-hydroxylation sites is 1. The van der Waals surface area contributed by atoms with Crippen molar-refractivity contribution in [3.05, 3.63) is 87.9 Å². The van der Waals surface area contributed by atoms with Crippen LogP contribution in [0.25, 0.3) is 11.1 Å². The topological polar surface area (TPSA) is 101 Å². The number of phenols is 2. The minimum absolute atomic E-state index is 0.0307. The Morgan fingerprint density at radius 3 is 2.06 bits per heavy atom. The Hall–Kier alpha value is -2.81. The Morgan fingerprint density at radius 2 is 1.49 bits per heavy atom. The molecule has 6 nitrogen and oxygen atoms in total. The molecule has 35 heavy (non-hydrogen) atoms. The molecule has 2 aliphatic rings. The third kappa shape index (κ3) is 4.03. The van der Waals surface area contributed by atoms with E-state index in [1.807, 2.05) is 6.07 Å². The smallest absolute Gasteiger partial charge is 0.313 e. The second-order valence-electron chi connectivity index (χ2n) is 8.85. The number of fused-ring (bicyclic) bond motifs is 2. The van der Waals surface area contributed by atoms with Gasteiger partial charge in [-0.1, -0.05) is 35.9 Å². The molecule has 2 N–H and O–H groups in total. The number of aryl methyl sites for hydroxylation is 2. The molecule has 3 aromatic carbocycles. The zero-order valence-electron chi connectivity index (χ0n) is 18.9. The average Bonchev–Trinajstić information content (AvgIpc) is 3.29. The largest absolute Gasteiger partial charge is 0.508 e. The van der Waals surface area contributed by atoms with Gasteiger partial charge in [0, 0.05) is 10.8 Å². The van der Waals surface area contributed by atoms with E-state index in [2.05, 4.69) is 0 Å². The molecule has 0 spiro atoms. The summed E-state index contributed by atoms with van der Waals surface area (Å²) in [4.78, 5) is 0. The van der Waals surface area contributed by atoms with Gasteiger partial charge in [-0.25, -0.2) is 0 Å². The van der Waals surface area contributed by atoms with Crippen LogP contribution in [0.5, 0.6) is 17.2 Å². The average molecular weight is 531 g/mol. The van der Waals surface area contributed by atoms with Crippen molar-refractivity contribution in [2.45, 2.75) is 36.0 Å². The van der Waals surface area contributed by atoms with Gasteiger partial charge in [-0.2, -0.15) is 8.42 Å². The molecule has 182 valence electrons. The van der Waals surface area contributed by atoms with Crippen molar-refractivity contribution in [3.8, 4) is 17.2 Å². The number of aromatic hydroxyl groups is 2. The van der Waals surface area contributed by atoms with E-state index >= 15 is 0 Å². The summed E-state index contributed by atoms with van der Waals surface area (Å²) in [6, 6.07) is 16.5. The first-order valence-electron chi connectivity index (χ1n) is 11.0. The van der Waals surface area contributed by atoms with Gasteiger partial charge in [0.2, 0.25) is 0 Å². The summed E-state index contributed by atoms with van der Waals surface area (Å²) in [5, 5.41) is 17.9. The molecule has 0 aromatic heterocycles. The van der Waals surface area contributed by atoms with Crippen molar-refractivity contribution in [2.75, 3.05) is 0 Å². The maximum atomic E-state index is 13.6. The highest BCUT2D eigenvalue weighted by Crippen LogP contribution is 2.53. The Kier molecular flexibility index (Phi) is 5.94. The van der Waals surface area contributed by atoms with E-state index in [4.69, 9.17) is 15.8 Å². The van der Waals surface area contributed by atoms with Crippen LogP contribution in [0.1, 0.15) is 28.7 Å². The van der Waals surface area contributed by atoms with Crippen LogP contribution in [0.15, 0.2) is 60.7 Å². The lowest BCUT2D eigenvalue weighted by atomic mass is 9.83. The number of hydrogen-bond acceptors (Lipinski definition) is 6. The first kappa shape index (κ1) is 23.9. The Morgan fingerprint density at radius 1 is 0.914 bits per heavy atom. The zero-order chi connectivity index (χ0) is 25.1. The molecule has 2 heterocycles. The fraction of sp³-hybridized carbons (Fsp3) is 0.231. The van der Waals surface area contributed by atoms with Gasteiger partial charge < -0.3 is 14.4 Å². The number of hydrogen-bond donors (Lipinski definition) is 2. The lowest BCUT2D eigenvalue weighted by Crippen LogP contribution is -2.36. The van der Waals surface area contributed by atoms with E-state index in [1.165, 1.54) is 6.07 Å². The molecule has 0 saturated carbocycles. The monoisotopic (exact) mass is 530 g/mol. The zero-order valence-corrected chi connectivity index (χ0v) is 21.3. The third-order valence-corrected chi connectivity index (χ3v) is 10.8. The fourth-order valence-corrected chi connectivity index (χ4v) is 9.51. The highest BCUT2D eigenvalue weighted by Gasteiger charge is 2.57. The molecule has 0 amide bonds. The maximum Gasteiger partial charge on any atom is 0.313 e. The van der Waals surface area contributed by atoms with Crippen LogP contribution in [0.4, 0.5) is 0 Å². The van der Waals surface area contributed by atoms with Crippen LogP contribution >= 0.6 is 11.6 Å². The fourth-order valence-electron chi connectivity index (χ4n) is 4.89. The molecule has 3 aromatic rings. The summed E-state index contributed by atoms with van der Waals surface area (Å²) >= 11 is 6.13. The summed E-state index contributed by atoms with van der Waals surface area (Å²) in [6.45, 7) is 3.53. The van der Waals surface area contributed by atoms with E-state index in [-0.39, 0.29) is 28.7 Å². The van der Waals surface area contributed by atoms with Gasteiger partial charge in [0.15, 0.2) is 5.75 Å². The van der Waals surface area contributed by atoms with Gasteiger partial charge in [-0.15, -0.1) is 0 Å². The van der Waals surface area contributed by atoms with Crippen LogP contribution < -0.4 is 4.18 Å². The summed E-state index contributed by atoms with van der Waals surface area (Å²) in [6.07, 6.45) is 0.139. The molecular formula is C26H23ClO6S2. The van der Waals surface area contributed by atoms with E-state index < -0.39 is 36.7 Å². The van der Waals surface area contributed by atoms with Crippen LogP contribution in [0.2, 0.25) is 5.02 Å². The first-order valence-corrected chi connectivity index (χ1v) is 14.1. The summed E-state index contributed by atoms with van der Waals surface area (Å²) in [7, 11) is -5.70. The molecule has 2 aliphatic heterocycles. The van der Waals surface area contributed by atoms with Gasteiger partial charge in [-0.3, -0.25) is 4.21 Å². The van der Waals surface area contributed by atoms with Crippen LogP contribution in [0.3, 0.4) is 0 Å². The van der Waals surface area contributed by atoms with Crippen LogP contribution in [-0.4, -0.2) is 38.6 Å². The van der Waals surface area contributed by atoms with Crippen molar-refractivity contribution in [2.24, 2.45) is 0 Å². The summed E-state index contributed by atoms with van der Waals surface area (Å²) in [5.74, 6) is 0.296. The highest BCUT2D eigenvalue weighted by molar-refractivity contribution is 7.93. The van der Waals surface area contributed by atoms with E-state index in [0.717, 1.165) is 11.1 Å². The van der Waals surface area contributed by atoms with E-state index in [1.54, 1.807) is 62.4 Å². The van der Waals surface area contributed by atoms with E-state index in [9.17, 15) is 22.8 Å². The van der Waals surface area contributed by atoms with Crippen LogP contribution in [0, 0.1) is 13.8 Å². The molecule has 1 fully saturated rings. The normalized spacial score (nSPS) is 23.6. The molecule has 1 unspecified atom stereocenters. The second-order valence-corrected chi connectivity index (χ2v) is 12.7. The number of rotatable bonds is 5. The molecular weight excluding hydrogens is 508 g/mol. The number of halogens is 1. The van der Waals surface area contributed by atoms with Crippen molar-refractivity contribution in [1.82, 2.24) is 0 Å². The third-order valence-electron chi connectivity index (χ3n) is 6.64. The number of phenolic OH excluding ortho intramolecular Hbond substituents is 2. The minimum Gasteiger partial charge on any atom is -0.508 e. The lowest BCUT2D eigenvalue weighted by Gasteiger charge is -2.26. The van der Waals surface area contributed by atoms with Gasteiger partial charge >= 0.3 is 10.1 Å². The predicted octanol–water partition coefficient (Wildman–Crippen LogP) is 4.96. The maximum absolute atomic E-state index is 13.6. The summed E-state index contributed by atoms with van der Waals surface area (Å²) in [5.41, 5.74) is 4.21. The SMILES string of the molecule is Cc1cc(C2=C(c3ccc(O)c(C)c3)[C@H]3[C@@H](S(=O)(=O)Oc4ccccc4Cl)C[C@@H]2S3=O)ccc1O. The van der Waals surface area contributed by atoms with Gasteiger partial charge in [0.05, 0.1) is 15.5 Å². The second kappa shape index (κ2) is 8.69. The predicted molar refractivity (Wildman–Crippen MR) is 138 cm³/mol. The minimum atomic E-state index is -4.18. The highest BCUT2D eigenvalue weighted by atomic mass is 35.5. The Balaban J connectivity index is 1.66. The van der Waals surface area contributed by atoms with Gasteiger partial charge in [0.25, 0.3) is 0 Å². The van der Waals surface area contributed by atoms with Gasteiger partial charge in [-0.05, 0) is 90.1 Å². The molecule has 1 saturated heterocycles. The van der Waals surface area contributed by atoms with Gasteiger partial charge in [0.1, 0.15) is 16.7 Å². The first-order chi connectivity index (χ1) is 16.6. The molecule has 4 atom stereocenters. The van der Waals surface area contributed by atoms with Crippen molar-refractivity contribution < 1.29 is 27.0 Å².